The molecule has 1 aromatic carbocycles. The summed E-state index contributed by atoms with van der Waals surface area (Å²) in [5, 5.41) is 8.16. The normalized spacial score (nSPS) is 11.1. The molecule has 1 amide bonds. The molecule has 0 saturated carbocycles. The number of nitrogens with one attached hydrogen (secondary N) is 1. The molecule has 0 atom stereocenters. The summed E-state index contributed by atoms with van der Waals surface area (Å²) in [7, 11) is 0. The van der Waals surface area contributed by atoms with E-state index in [1.807, 2.05) is 52.2 Å². The summed E-state index contributed by atoms with van der Waals surface area (Å²) in [4.78, 5) is 19.2. The van der Waals surface area contributed by atoms with Gasteiger partial charge in [-0.25, -0.2) is 4.98 Å². The van der Waals surface area contributed by atoms with Crippen LogP contribution in [0, 0.1) is 0 Å². The highest BCUT2D eigenvalue weighted by atomic mass is 32.2. The summed E-state index contributed by atoms with van der Waals surface area (Å²) in [6, 6.07) is 7.48. The molecule has 3 aromatic rings. The van der Waals surface area contributed by atoms with Crippen LogP contribution in [0.25, 0.3) is 5.69 Å². The van der Waals surface area contributed by atoms with Crippen molar-refractivity contribution in [2.75, 3.05) is 31.2 Å². The number of likely N-dealkylation sites (N-methyl/N-ethyl adjacent to an activating group) is 1. The zero-order chi connectivity index (χ0) is 19.9. The van der Waals surface area contributed by atoms with Crippen LogP contribution in [0.15, 0.2) is 54.2 Å². The predicted octanol–water partition coefficient (Wildman–Crippen LogP) is 3.38. The third-order valence-electron chi connectivity index (χ3n) is 4.63. The number of aromatic nitrogens is 4. The van der Waals surface area contributed by atoms with Gasteiger partial charge in [0.1, 0.15) is 0 Å². The molecule has 28 heavy (non-hydrogen) atoms. The average Bonchev–Trinajstić information content (AvgIpc) is 3.38. The fraction of sp³-hybridized carbons (Fsp3) is 0.350. The molecular weight excluding hydrogens is 372 g/mol. The maximum absolute atomic E-state index is 12.5. The highest BCUT2D eigenvalue weighted by Crippen LogP contribution is 2.19. The lowest BCUT2D eigenvalue weighted by molar-refractivity contribution is 0.102. The number of nitrogens with zero attached hydrogens (tertiary/aromatic N) is 5. The van der Waals surface area contributed by atoms with Crippen molar-refractivity contribution in [2.45, 2.75) is 25.5 Å². The second-order valence-corrected chi connectivity index (χ2v) is 7.08. The van der Waals surface area contributed by atoms with Crippen LogP contribution in [-0.2, 0) is 6.54 Å². The van der Waals surface area contributed by atoms with Crippen LogP contribution in [0.4, 0.5) is 5.69 Å². The van der Waals surface area contributed by atoms with Crippen molar-refractivity contribution < 1.29 is 4.79 Å². The van der Waals surface area contributed by atoms with Crippen molar-refractivity contribution >= 4 is 23.4 Å². The van der Waals surface area contributed by atoms with Gasteiger partial charge in [0.05, 0.1) is 18.4 Å². The Balaban J connectivity index is 1.61. The number of rotatable bonds is 9. The first-order valence-corrected chi connectivity index (χ1v) is 10.6. The van der Waals surface area contributed by atoms with Crippen LogP contribution in [0.5, 0.6) is 0 Å². The Bertz CT molecular complexity index is 898. The quantitative estimate of drug-likeness (QED) is 0.560. The van der Waals surface area contributed by atoms with Crippen molar-refractivity contribution in [3.63, 3.8) is 0 Å². The molecule has 2 heterocycles. The Hall–Kier alpha value is -2.58. The predicted molar refractivity (Wildman–Crippen MR) is 113 cm³/mol. The van der Waals surface area contributed by atoms with Crippen LogP contribution in [-0.4, -0.2) is 56.0 Å². The number of imidazole rings is 1. The summed E-state index contributed by atoms with van der Waals surface area (Å²) in [5.41, 5.74) is 2.28. The van der Waals surface area contributed by atoms with E-state index in [1.165, 1.54) is 0 Å². The van der Waals surface area contributed by atoms with E-state index in [4.69, 9.17) is 0 Å². The summed E-state index contributed by atoms with van der Waals surface area (Å²) in [6.07, 6.45) is 9.22. The highest BCUT2D eigenvalue weighted by molar-refractivity contribution is 7.98. The zero-order valence-electron chi connectivity index (χ0n) is 16.5. The molecule has 0 fully saturated rings. The largest absolute Gasteiger partial charge is 0.319 e. The lowest BCUT2D eigenvalue weighted by Gasteiger charge is -2.17. The lowest BCUT2D eigenvalue weighted by Crippen LogP contribution is -2.27. The van der Waals surface area contributed by atoms with Gasteiger partial charge in [0.2, 0.25) is 0 Å². The molecule has 0 aliphatic rings. The molecule has 0 saturated heterocycles. The minimum Gasteiger partial charge on any atom is -0.319 e. The Morgan fingerprint density at radius 3 is 2.64 bits per heavy atom. The number of hydrogen-bond donors (Lipinski definition) is 1. The lowest BCUT2D eigenvalue weighted by atomic mass is 10.2. The Morgan fingerprint density at radius 1 is 1.21 bits per heavy atom. The Morgan fingerprint density at radius 2 is 1.96 bits per heavy atom. The van der Waals surface area contributed by atoms with Gasteiger partial charge in [0.25, 0.3) is 5.91 Å². The van der Waals surface area contributed by atoms with Gasteiger partial charge in [-0.15, -0.1) is 0 Å². The van der Waals surface area contributed by atoms with E-state index in [1.54, 1.807) is 24.2 Å². The molecule has 0 bridgehead atoms. The highest BCUT2D eigenvalue weighted by Gasteiger charge is 2.10. The number of hydrogen-bond acceptors (Lipinski definition) is 5. The molecule has 8 heteroatoms. The first-order chi connectivity index (χ1) is 13.6. The van der Waals surface area contributed by atoms with E-state index in [9.17, 15) is 4.79 Å². The summed E-state index contributed by atoms with van der Waals surface area (Å²) >= 11 is 1.58. The number of carbonyl (C=O) groups is 1. The Labute approximate surface area is 169 Å². The molecule has 1 N–H and O–H groups in total. The molecule has 0 spiro atoms. The van der Waals surface area contributed by atoms with Gasteiger partial charge in [-0.2, -0.15) is 5.10 Å². The smallest absolute Gasteiger partial charge is 0.255 e. The van der Waals surface area contributed by atoms with Crippen LogP contribution >= 0.6 is 11.8 Å². The van der Waals surface area contributed by atoms with Gasteiger partial charge in [-0.3, -0.25) is 14.0 Å². The minimum atomic E-state index is -0.148. The van der Waals surface area contributed by atoms with Gasteiger partial charge in [0, 0.05) is 36.4 Å². The van der Waals surface area contributed by atoms with Gasteiger partial charge in [-0.05, 0) is 43.6 Å². The van der Waals surface area contributed by atoms with Crippen molar-refractivity contribution in [2.24, 2.45) is 0 Å². The van der Waals surface area contributed by atoms with Gasteiger partial charge < -0.3 is 10.2 Å². The van der Waals surface area contributed by atoms with Gasteiger partial charge in [-0.1, -0.05) is 25.6 Å². The first kappa shape index (κ1) is 20.2. The third kappa shape index (κ3) is 4.82. The SMILES string of the molecule is CCN(CC)CCn1cc(NC(=O)c2ccc(-n3ccnc3SC)cc2)cn1. The number of carbonyl (C=O) groups excluding carboxylic acids is 1. The number of benzene rings is 1. The average molecular weight is 399 g/mol. The molecule has 3 rings (SSSR count). The topological polar surface area (TPSA) is 68.0 Å². The summed E-state index contributed by atoms with van der Waals surface area (Å²) in [6.45, 7) is 8.09. The zero-order valence-corrected chi connectivity index (χ0v) is 17.3. The van der Waals surface area contributed by atoms with Crippen molar-refractivity contribution in [1.29, 1.82) is 0 Å². The van der Waals surface area contributed by atoms with E-state index in [0.29, 0.717) is 11.3 Å². The maximum atomic E-state index is 12.5. The van der Waals surface area contributed by atoms with E-state index in [0.717, 1.165) is 37.0 Å². The Kier molecular flexibility index (Phi) is 6.89. The van der Waals surface area contributed by atoms with Crippen LogP contribution in [0.3, 0.4) is 0 Å². The number of amides is 1. The summed E-state index contributed by atoms with van der Waals surface area (Å²) < 4.78 is 3.85. The number of thioether (sulfide) groups is 1. The fourth-order valence-electron chi connectivity index (χ4n) is 2.95. The van der Waals surface area contributed by atoms with E-state index in [-0.39, 0.29) is 5.91 Å². The molecule has 7 nitrogen and oxygen atoms in total. The van der Waals surface area contributed by atoms with Crippen LogP contribution in [0.1, 0.15) is 24.2 Å². The molecule has 148 valence electrons. The first-order valence-electron chi connectivity index (χ1n) is 9.38. The molecular formula is C20H26N6OS. The molecule has 2 aromatic heterocycles. The van der Waals surface area contributed by atoms with E-state index < -0.39 is 0 Å². The minimum absolute atomic E-state index is 0.148. The standard InChI is InChI=1S/C20H26N6OS/c1-4-24(5-2)12-13-25-15-17(14-22-25)23-19(27)16-6-8-18(9-7-16)26-11-10-21-20(26)28-3/h6-11,14-15H,4-5,12-13H2,1-3H3,(H,23,27). The van der Waals surface area contributed by atoms with E-state index in [2.05, 4.69) is 34.1 Å². The van der Waals surface area contributed by atoms with Crippen molar-refractivity contribution in [3.8, 4) is 5.69 Å². The number of anilines is 1. The maximum Gasteiger partial charge on any atom is 0.255 e. The van der Waals surface area contributed by atoms with Crippen LogP contribution < -0.4 is 5.32 Å². The molecule has 0 radical (unpaired) electrons. The van der Waals surface area contributed by atoms with Gasteiger partial charge >= 0.3 is 0 Å². The van der Waals surface area contributed by atoms with Crippen LogP contribution in [0.2, 0.25) is 0 Å². The van der Waals surface area contributed by atoms with Crippen molar-refractivity contribution in [3.05, 3.63) is 54.6 Å². The third-order valence-corrected chi connectivity index (χ3v) is 5.30. The fourth-order valence-corrected chi connectivity index (χ4v) is 3.48. The van der Waals surface area contributed by atoms with Crippen molar-refractivity contribution in [1.82, 2.24) is 24.2 Å². The second-order valence-electron chi connectivity index (χ2n) is 6.30. The second kappa shape index (κ2) is 9.57. The molecule has 0 aliphatic carbocycles. The molecule has 0 unspecified atom stereocenters. The van der Waals surface area contributed by atoms with Gasteiger partial charge in [0.15, 0.2) is 5.16 Å². The summed E-state index contributed by atoms with van der Waals surface area (Å²) in [5.74, 6) is -0.148. The van der Waals surface area contributed by atoms with E-state index >= 15 is 0 Å². The monoisotopic (exact) mass is 398 g/mol. The molecule has 0 aliphatic heterocycles.